The number of thiazole rings is 1. The second kappa shape index (κ2) is 7.44. The lowest BCUT2D eigenvalue weighted by Crippen LogP contribution is -2.07. The van der Waals surface area contributed by atoms with Crippen LogP contribution in [-0.2, 0) is 6.54 Å². The lowest BCUT2D eigenvalue weighted by molar-refractivity contribution is 0.920. The highest BCUT2D eigenvalue weighted by Gasteiger charge is 2.05. The van der Waals surface area contributed by atoms with Gasteiger partial charge >= 0.3 is 0 Å². The van der Waals surface area contributed by atoms with Gasteiger partial charge in [-0.15, -0.1) is 11.3 Å². The highest BCUT2D eigenvalue weighted by molar-refractivity contribution is 7.98. The van der Waals surface area contributed by atoms with Crippen LogP contribution in [0.2, 0.25) is 0 Å². The molecule has 2 rings (SSSR count). The van der Waals surface area contributed by atoms with Gasteiger partial charge in [-0.2, -0.15) is 0 Å². The maximum absolute atomic E-state index is 4.46. The zero-order valence-corrected chi connectivity index (χ0v) is 13.6. The summed E-state index contributed by atoms with van der Waals surface area (Å²) in [7, 11) is 0. The van der Waals surface area contributed by atoms with Crippen molar-refractivity contribution in [2.24, 2.45) is 0 Å². The molecule has 0 aliphatic carbocycles. The molecule has 7 heteroatoms. The van der Waals surface area contributed by atoms with Gasteiger partial charge in [-0.1, -0.05) is 18.7 Å². The molecular weight excluding hydrogens is 290 g/mol. The van der Waals surface area contributed by atoms with E-state index in [4.69, 9.17) is 0 Å². The molecule has 0 radical (unpaired) electrons. The van der Waals surface area contributed by atoms with E-state index in [1.165, 1.54) is 0 Å². The normalized spacial score (nSPS) is 10.6. The minimum absolute atomic E-state index is 0.691. The quantitative estimate of drug-likeness (QED) is 0.604. The topological polar surface area (TPSA) is 62.7 Å². The van der Waals surface area contributed by atoms with Gasteiger partial charge in [0.25, 0.3) is 0 Å². The van der Waals surface area contributed by atoms with Gasteiger partial charge in [-0.25, -0.2) is 15.0 Å². The number of nitrogens with zero attached hydrogens (tertiary/aromatic N) is 3. The van der Waals surface area contributed by atoms with Crippen LogP contribution in [0.15, 0.2) is 16.6 Å². The minimum atomic E-state index is 0.691. The standard InChI is InChI=1S/C13H19N5S2/c1-4-5-14-10-6-11(18-13(17-10)19-3)15-7-12-16-9(2)8-20-12/h6,8H,4-5,7H2,1-3H3,(H2,14,15,17,18). The van der Waals surface area contributed by atoms with Gasteiger partial charge in [0.05, 0.1) is 6.54 Å². The molecule has 0 saturated heterocycles. The molecule has 0 spiro atoms. The molecule has 5 nitrogen and oxygen atoms in total. The summed E-state index contributed by atoms with van der Waals surface area (Å²) in [5.41, 5.74) is 1.06. The van der Waals surface area contributed by atoms with Gasteiger partial charge in [0, 0.05) is 23.7 Å². The predicted molar refractivity (Wildman–Crippen MR) is 86.8 cm³/mol. The van der Waals surface area contributed by atoms with E-state index in [0.29, 0.717) is 6.54 Å². The van der Waals surface area contributed by atoms with Crippen LogP contribution >= 0.6 is 23.1 Å². The summed E-state index contributed by atoms with van der Waals surface area (Å²) < 4.78 is 0. The number of aryl methyl sites for hydroxylation is 1. The van der Waals surface area contributed by atoms with Gasteiger partial charge in [-0.05, 0) is 19.6 Å². The van der Waals surface area contributed by atoms with E-state index in [9.17, 15) is 0 Å². The Morgan fingerprint density at radius 2 is 1.95 bits per heavy atom. The van der Waals surface area contributed by atoms with Gasteiger partial charge in [0.1, 0.15) is 16.6 Å². The monoisotopic (exact) mass is 309 g/mol. The maximum Gasteiger partial charge on any atom is 0.191 e. The summed E-state index contributed by atoms with van der Waals surface area (Å²) in [5, 5.41) is 10.5. The van der Waals surface area contributed by atoms with Crippen molar-refractivity contribution < 1.29 is 0 Å². The Morgan fingerprint density at radius 1 is 1.20 bits per heavy atom. The fraction of sp³-hybridized carbons (Fsp3) is 0.462. The molecule has 0 unspecified atom stereocenters. The summed E-state index contributed by atoms with van der Waals surface area (Å²) in [5.74, 6) is 1.69. The SMILES string of the molecule is CCCNc1cc(NCc2nc(C)cs2)nc(SC)n1. The molecule has 2 N–H and O–H groups in total. The number of hydrogen-bond donors (Lipinski definition) is 2. The summed E-state index contributed by atoms with van der Waals surface area (Å²) >= 11 is 3.20. The van der Waals surface area contributed by atoms with Crippen LogP contribution in [0.1, 0.15) is 24.0 Å². The Labute approximate surface area is 127 Å². The van der Waals surface area contributed by atoms with E-state index in [1.807, 2.05) is 19.2 Å². The number of thioether (sulfide) groups is 1. The third kappa shape index (κ3) is 4.35. The first-order valence-corrected chi connectivity index (χ1v) is 8.63. The fourth-order valence-corrected chi connectivity index (χ4v) is 2.69. The molecule has 0 atom stereocenters. The van der Waals surface area contributed by atoms with Crippen molar-refractivity contribution in [2.75, 3.05) is 23.4 Å². The molecule has 0 aromatic carbocycles. The lowest BCUT2D eigenvalue weighted by atomic mass is 10.4. The van der Waals surface area contributed by atoms with E-state index in [2.05, 4.69) is 37.9 Å². The molecular formula is C13H19N5S2. The Hall–Kier alpha value is -1.34. The highest BCUT2D eigenvalue weighted by atomic mass is 32.2. The first-order valence-electron chi connectivity index (χ1n) is 6.53. The average Bonchev–Trinajstić information content (AvgIpc) is 2.88. The van der Waals surface area contributed by atoms with E-state index < -0.39 is 0 Å². The first-order chi connectivity index (χ1) is 9.71. The van der Waals surface area contributed by atoms with Crippen molar-refractivity contribution in [3.63, 3.8) is 0 Å². The van der Waals surface area contributed by atoms with Gasteiger partial charge in [0.15, 0.2) is 5.16 Å². The van der Waals surface area contributed by atoms with Crippen molar-refractivity contribution in [3.05, 3.63) is 22.1 Å². The van der Waals surface area contributed by atoms with E-state index in [-0.39, 0.29) is 0 Å². The van der Waals surface area contributed by atoms with Crippen molar-refractivity contribution in [3.8, 4) is 0 Å². The number of hydrogen-bond acceptors (Lipinski definition) is 7. The maximum atomic E-state index is 4.46. The zero-order chi connectivity index (χ0) is 14.4. The van der Waals surface area contributed by atoms with Crippen LogP contribution in [-0.4, -0.2) is 27.8 Å². The molecule has 0 amide bonds. The summed E-state index contributed by atoms with van der Waals surface area (Å²) in [6, 6.07) is 1.94. The van der Waals surface area contributed by atoms with Crippen LogP contribution in [0.3, 0.4) is 0 Å². The average molecular weight is 309 g/mol. The van der Waals surface area contributed by atoms with Gasteiger partial charge in [0.2, 0.25) is 0 Å². The molecule has 108 valence electrons. The highest BCUT2D eigenvalue weighted by Crippen LogP contribution is 2.18. The Balaban J connectivity index is 2.05. The van der Waals surface area contributed by atoms with Crippen molar-refractivity contribution in [2.45, 2.75) is 32.0 Å². The first kappa shape index (κ1) is 15.1. The molecule has 0 saturated carbocycles. The zero-order valence-electron chi connectivity index (χ0n) is 11.9. The van der Waals surface area contributed by atoms with Crippen molar-refractivity contribution in [1.29, 1.82) is 0 Å². The van der Waals surface area contributed by atoms with Crippen LogP contribution < -0.4 is 10.6 Å². The van der Waals surface area contributed by atoms with Crippen LogP contribution in [0.25, 0.3) is 0 Å². The van der Waals surface area contributed by atoms with Crippen LogP contribution in [0.4, 0.5) is 11.6 Å². The number of rotatable bonds is 7. The molecule has 0 fully saturated rings. The number of anilines is 2. The van der Waals surface area contributed by atoms with E-state index >= 15 is 0 Å². The molecule has 2 aromatic rings. The molecule has 0 bridgehead atoms. The second-order valence-electron chi connectivity index (χ2n) is 4.29. The Bertz CT molecular complexity index is 555. The molecule has 2 heterocycles. The molecule has 0 aliphatic rings. The third-order valence-corrected chi connectivity index (χ3v) is 4.05. The van der Waals surface area contributed by atoms with Crippen molar-refractivity contribution in [1.82, 2.24) is 15.0 Å². The van der Waals surface area contributed by atoms with Gasteiger partial charge in [-0.3, -0.25) is 0 Å². The fourth-order valence-electron chi connectivity index (χ4n) is 1.60. The second-order valence-corrected chi connectivity index (χ2v) is 6.00. The molecule has 20 heavy (non-hydrogen) atoms. The largest absolute Gasteiger partial charge is 0.370 e. The van der Waals surface area contributed by atoms with E-state index in [0.717, 1.165) is 40.5 Å². The Kier molecular flexibility index (Phi) is 5.60. The predicted octanol–water partition coefficient (Wildman–Crippen LogP) is 3.40. The summed E-state index contributed by atoms with van der Waals surface area (Å²) in [6.07, 6.45) is 3.05. The smallest absolute Gasteiger partial charge is 0.191 e. The van der Waals surface area contributed by atoms with E-state index in [1.54, 1.807) is 23.1 Å². The third-order valence-electron chi connectivity index (χ3n) is 2.53. The lowest BCUT2D eigenvalue weighted by Gasteiger charge is -2.09. The number of nitrogens with one attached hydrogen (secondary N) is 2. The van der Waals surface area contributed by atoms with Crippen LogP contribution in [0, 0.1) is 6.92 Å². The van der Waals surface area contributed by atoms with Crippen molar-refractivity contribution >= 4 is 34.7 Å². The molecule has 0 aliphatic heterocycles. The number of aromatic nitrogens is 3. The summed E-state index contributed by atoms with van der Waals surface area (Å²) in [6.45, 7) is 5.74. The molecule has 2 aromatic heterocycles. The minimum Gasteiger partial charge on any atom is -0.370 e. The summed E-state index contributed by atoms with van der Waals surface area (Å²) in [4.78, 5) is 13.3. The Morgan fingerprint density at radius 3 is 2.55 bits per heavy atom. The van der Waals surface area contributed by atoms with Gasteiger partial charge < -0.3 is 10.6 Å². The van der Waals surface area contributed by atoms with Crippen LogP contribution in [0.5, 0.6) is 0 Å².